The van der Waals surface area contributed by atoms with Gasteiger partial charge in [-0.05, 0) is 17.7 Å². The Morgan fingerprint density at radius 3 is 2.54 bits per heavy atom. The normalized spacial score (nSPS) is 11.7. The molecule has 13 heavy (non-hydrogen) atoms. The summed E-state index contributed by atoms with van der Waals surface area (Å²) in [6.45, 7) is 4.19. The summed E-state index contributed by atoms with van der Waals surface area (Å²) < 4.78 is 0. The summed E-state index contributed by atoms with van der Waals surface area (Å²) in [5, 5.41) is 10.6. The van der Waals surface area contributed by atoms with Crippen LogP contribution in [0.15, 0.2) is 18.2 Å². The minimum Gasteiger partial charge on any atom is -0.508 e. The highest BCUT2D eigenvalue weighted by Gasteiger charge is 2.21. The van der Waals surface area contributed by atoms with E-state index >= 15 is 0 Å². The first kappa shape index (κ1) is 10.9. The molecular weight excluding hydrogens is 251 g/mol. The van der Waals surface area contributed by atoms with Crippen molar-refractivity contribution in [3.63, 3.8) is 0 Å². The summed E-state index contributed by atoms with van der Waals surface area (Å²) in [4.78, 5) is 0. The molecule has 0 radical (unpaired) electrons. The maximum atomic E-state index is 9.18. The summed E-state index contributed by atoms with van der Waals surface area (Å²) in [6, 6.07) is 5.09. The van der Waals surface area contributed by atoms with E-state index in [2.05, 4.69) is 29.8 Å². The van der Waals surface area contributed by atoms with Crippen LogP contribution in [0.5, 0.6) is 5.75 Å². The van der Waals surface area contributed by atoms with Crippen molar-refractivity contribution in [3.05, 3.63) is 28.8 Å². The first-order valence-corrected chi connectivity index (χ1v) is 5.52. The maximum Gasteiger partial charge on any atom is 0.117 e. The van der Waals surface area contributed by atoms with Gasteiger partial charge in [0.05, 0.1) is 0 Å². The summed E-state index contributed by atoms with van der Waals surface area (Å²) in [6.07, 6.45) is 0. The number of hydrogen-bond donors (Lipinski definition) is 1. The number of benzene rings is 1. The predicted octanol–water partition coefficient (Wildman–Crippen LogP) is 3.72. The monoisotopic (exact) mass is 262 g/mol. The van der Waals surface area contributed by atoms with Crippen molar-refractivity contribution in [2.45, 2.75) is 19.3 Å². The van der Waals surface area contributed by atoms with Gasteiger partial charge in [-0.3, -0.25) is 0 Å². The zero-order valence-corrected chi connectivity index (χ0v) is 9.98. The van der Waals surface area contributed by atoms with Crippen LogP contribution in [0.3, 0.4) is 0 Å². The zero-order valence-electron chi connectivity index (χ0n) is 7.64. The van der Waals surface area contributed by atoms with Crippen molar-refractivity contribution < 1.29 is 5.11 Å². The second-order valence-electron chi connectivity index (χ2n) is 3.68. The van der Waals surface area contributed by atoms with Crippen LogP contribution in [0.25, 0.3) is 0 Å². The molecule has 0 aromatic heterocycles. The molecule has 0 aliphatic rings. The fourth-order valence-electron chi connectivity index (χ4n) is 1.12. The molecule has 1 aromatic rings. The van der Waals surface area contributed by atoms with Gasteiger partial charge in [-0.15, -0.1) is 0 Å². The molecule has 0 unspecified atom stereocenters. The van der Waals surface area contributed by atoms with Crippen molar-refractivity contribution in [1.29, 1.82) is 0 Å². The van der Waals surface area contributed by atoms with Crippen molar-refractivity contribution in [3.8, 4) is 5.75 Å². The average molecular weight is 264 g/mol. The summed E-state index contributed by atoms with van der Waals surface area (Å²) >= 11 is 9.45. The minimum atomic E-state index is -0.00914. The van der Waals surface area contributed by atoms with E-state index in [0.717, 1.165) is 10.9 Å². The molecule has 0 saturated heterocycles. The van der Waals surface area contributed by atoms with Gasteiger partial charge in [0.15, 0.2) is 0 Å². The predicted molar refractivity (Wildman–Crippen MR) is 59.9 cm³/mol. The Morgan fingerprint density at radius 1 is 1.46 bits per heavy atom. The highest BCUT2D eigenvalue weighted by molar-refractivity contribution is 9.09. The summed E-state index contributed by atoms with van der Waals surface area (Å²) in [5.41, 5.74) is 1.04. The van der Waals surface area contributed by atoms with Gasteiger partial charge in [0, 0.05) is 15.8 Å². The van der Waals surface area contributed by atoms with Crippen LogP contribution in [0, 0.1) is 0 Å². The largest absolute Gasteiger partial charge is 0.508 e. The van der Waals surface area contributed by atoms with Crippen LogP contribution in [0.4, 0.5) is 0 Å². The van der Waals surface area contributed by atoms with Gasteiger partial charge in [0.1, 0.15) is 5.75 Å². The van der Waals surface area contributed by atoms with E-state index < -0.39 is 0 Å². The molecule has 1 N–H and O–H groups in total. The molecule has 0 bridgehead atoms. The van der Waals surface area contributed by atoms with Gasteiger partial charge in [-0.1, -0.05) is 47.4 Å². The van der Waals surface area contributed by atoms with E-state index in [1.54, 1.807) is 12.1 Å². The maximum absolute atomic E-state index is 9.18. The Morgan fingerprint density at radius 2 is 2.08 bits per heavy atom. The lowest BCUT2D eigenvalue weighted by molar-refractivity contribution is 0.474. The topological polar surface area (TPSA) is 20.2 Å². The van der Waals surface area contributed by atoms with Crippen LogP contribution in [-0.2, 0) is 5.41 Å². The average Bonchev–Trinajstić information content (AvgIpc) is 2.03. The third kappa shape index (κ3) is 2.38. The van der Waals surface area contributed by atoms with Gasteiger partial charge in [-0.25, -0.2) is 0 Å². The van der Waals surface area contributed by atoms with Crippen molar-refractivity contribution in [2.24, 2.45) is 0 Å². The van der Waals surface area contributed by atoms with E-state index in [9.17, 15) is 5.11 Å². The van der Waals surface area contributed by atoms with Gasteiger partial charge in [0.2, 0.25) is 0 Å². The van der Waals surface area contributed by atoms with Crippen LogP contribution < -0.4 is 0 Å². The fraction of sp³-hybridized carbons (Fsp3) is 0.400. The highest BCUT2D eigenvalue weighted by Crippen LogP contribution is 2.33. The molecule has 72 valence electrons. The molecule has 0 fully saturated rings. The Labute approximate surface area is 91.9 Å². The van der Waals surface area contributed by atoms with Crippen molar-refractivity contribution in [1.82, 2.24) is 0 Å². The standard InChI is InChI=1S/C10H12BrClO/c1-10(2,6-11)8-4-3-7(13)5-9(8)12/h3-5,13H,6H2,1-2H3. The number of hydrogen-bond acceptors (Lipinski definition) is 1. The molecule has 3 heteroatoms. The van der Waals surface area contributed by atoms with Crippen LogP contribution in [0.2, 0.25) is 5.02 Å². The Hall–Kier alpha value is -0.210. The van der Waals surface area contributed by atoms with E-state index in [1.165, 1.54) is 0 Å². The molecule has 0 saturated carbocycles. The van der Waals surface area contributed by atoms with Gasteiger partial charge in [0.25, 0.3) is 0 Å². The number of phenolic OH excluding ortho intramolecular Hbond substituents is 1. The lowest BCUT2D eigenvalue weighted by Gasteiger charge is -2.23. The quantitative estimate of drug-likeness (QED) is 0.806. The number of rotatable bonds is 2. The molecule has 1 nitrogen and oxygen atoms in total. The number of phenols is 1. The SMILES string of the molecule is CC(C)(CBr)c1ccc(O)cc1Cl. The smallest absolute Gasteiger partial charge is 0.117 e. The lowest BCUT2D eigenvalue weighted by atomic mass is 9.87. The molecule has 0 aliphatic heterocycles. The Kier molecular flexibility index (Phi) is 3.25. The zero-order chi connectivity index (χ0) is 10.1. The van der Waals surface area contributed by atoms with Crippen LogP contribution in [-0.4, -0.2) is 10.4 Å². The minimum absolute atomic E-state index is 0.00914. The molecular formula is C10H12BrClO. The van der Waals surface area contributed by atoms with E-state index in [1.807, 2.05) is 6.07 Å². The fourth-order valence-corrected chi connectivity index (χ4v) is 1.86. The molecule has 0 amide bonds. The number of alkyl halides is 1. The molecule has 0 aliphatic carbocycles. The van der Waals surface area contributed by atoms with E-state index in [-0.39, 0.29) is 11.2 Å². The first-order chi connectivity index (χ1) is 5.97. The first-order valence-electron chi connectivity index (χ1n) is 4.02. The molecule has 1 aromatic carbocycles. The molecule has 0 atom stereocenters. The van der Waals surface area contributed by atoms with Gasteiger partial charge >= 0.3 is 0 Å². The van der Waals surface area contributed by atoms with Crippen LogP contribution >= 0.6 is 27.5 Å². The van der Waals surface area contributed by atoms with Crippen molar-refractivity contribution in [2.75, 3.05) is 5.33 Å². The third-order valence-corrected chi connectivity index (χ3v) is 3.73. The molecule has 0 heterocycles. The molecule has 0 spiro atoms. The van der Waals surface area contributed by atoms with Crippen LogP contribution in [0.1, 0.15) is 19.4 Å². The Bertz CT molecular complexity index is 310. The van der Waals surface area contributed by atoms with Gasteiger partial charge < -0.3 is 5.11 Å². The highest BCUT2D eigenvalue weighted by atomic mass is 79.9. The summed E-state index contributed by atoms with van der Waals surface area (Å²) in [5.74, 6) is 0.208. The number of aromatic hydroxyl groups is 1. The Balaban J connectivity index is 3.16. The second kappa shape index (κ2) is 3.89. The third-order valence-electron chi connectivity index (χ3n) is 2.02. The summed E-state index contributed by atoms with van der Waals surface area (Å²) in [7, 11) is 0. The van der Waals surface area contributed by atoms with Gasteiger partial charge in [-0.2, -0.15) is 0 Å². The van der Waals surface area contributed by atoms with Crippen molar-refractivity contribution >= 4 is 27.5 Å². The van der Waals surface area contributed by atoms with E-state index in [0.29, 0.717) is 5.02 Å². The van der Waals surface area contributed by atoms with E-state index in [4.69, 9.17) is 11.6 Å². The lowest BCUT2D eigenvalue weighted by Crippen LogP contribution is -2.19. The second-order valence-corrected chi connectivity index (χ2v) is 4.65. The molecule has 1 rings (SSSR count). The number of halogens is 2.